The number of aliphatic carboxylic acids is 1. The lowest BCUT2D eigenvalue weighted by Crippen LogP contribution is -2.47. The molecule has 2 aromatic carbocycles. The van der Waals surface area contributed by atoms with Crippen molar-refractivity contribution in [3.05, 3.63) is 59.9 Å². The molecule has 2 bridgehead atoms. The largest absolute Gasteiger partial charge is 0.501 e. The number of hydrogen-bond acceptors (Lipinski definition) is 7. The van der Waals surface area contributed by atoms with Gasteiger partial charge < -0.3 is 25.2 Å². The second-order valence-electron chi connectivity index (χ2n) is 10.5. The number of sulfone groups is 1. The number of methoxy groups -OCH3 is 1. The Labute approximate surface area is 250 Å². The van der Waals surface area contributed by atoms with E-state index in [1.165, 1.54) is 19.2 Å². The highest BCUT2D eigenvalue weighted by Gasteiger charge is 2.49. The third-order valence-electron chi connectivity index (χ3n) is 7.57. The van der Waals surface area contributed by atoms with E-state index in [4.69, 9.17) is 14.6 Å². The maximum absolute atomic E-state index is 14.7. The van der Waals surface area contributed by atoms with E-state index in [0.717, 1.165) is 18.2 Å². The quantitative estimate of drug-likeness (QED) is 0.162. The van der Waals surface area contributed by atoms with E-state index in [0.29, 0.717) is 31.7 Å². The summed E-state index contributed by atoms with van der Waals surface area (Å²) >= 11 is 0. The van der Waals surface area contributed by atoms with Gasteiger partial charge in [-0.25, -0.2) is 12.8 Å². The van der Waals surface area contributed by atoms with Crippen LogP contribution >= 0.6 is 0 Å². The van der Waals surface area contributed by atoms with Crippen molar-refractivity contribution in [1.29, 1.82) is 0 Å². The number of amides is 2. The van der Waals surface area contributed by atoms with Crippen LogP contribution in [-0.2, 0) is 19.4 Å². The van der Waals surface area contributed by atoms with E-state index in [9.17, 15) is 40.4 Å². The van der Waals surface area contributed by atoms with Gasteiger partial charge in [0.2, 0.25) is 5.91 Å². The van der Waals surface area contributed by atoms with Crippen molar-refractivity contribution in [1.82, 2.24) is 5.32 Å². The van der Waals surface area contributed by atoms with Gasteiger partial charge in [0.25, 0.3) is 15.7 Å². The molecule has 44 heavy (non-hydrogen) atoms. The molecule has 238 valence electrons. The Hall–Kier alpha value is -4.14. The fourth-order valence-electron chi connectivity index (χ4n) is 5.44. The monoisotopic (exact) mass is 642 g/mol. The van der Waals surface area contributed by atoms with Gasteiger partial charge in [0.05, 0.1) is 30.1 Å². The van der Waals surface area contributed by atoms with E-state index in [1.807, 2.05) is 12.2 Å². The van der Waals surface area contributed by atoms with Crippen LogP contribution in [0.2, 0.25) is 0 Å². The molecule has 0 aromatic heterocycles. The van der Waals surface area contributed by atoms with Gasteiger partial charge in [0, 0.05) is 24.2 Å². The van der Waals surface area contributed by atoms with Crippen LogP contribution in [0, 0.1) is 23.6 Å². The molecule has 4 atom stereocenters. The summed E-state index contributed by atoms with van der Waals surface area (Å²) in [6.45, 7) is 0.0782. The van der Waals surface area contributed by atoms with Crippen molar-refractivity contribution in [2.75, 3.05) is 19.0 Å². The van der Waals surface area contributed by atoms with Crippen molar-refractivity contribution in [2.45, 2.75) is 48.5 Å². The van der Waals surface area contributed by atoms with E-state index < -0.39 is 55.8 Å². The summed E-state index contributed by atoms with van der Waals surface area (Å²) in [6, 6.07) is 5.23. The molecule has 2 amide bonds. The Balaban J connectivity index is 1.48. The number of carboxylic acids is 1. The molecule has 0 heterocycles. The molecule has 1 fully saturated rings. The van der Waals surface area contributed by atoms with Gasteiger partial charge in [-0.3, -0.25) is 14.4 Å². The molecule has 10 nitrogen and oxygen atoms in total. The van der Waals surface area contributed by atoms with E-state index in [2.05, 4.69) is 10.6 Å². The number of rotatable bonds is 13. The van der Waals surface area contributed by atoms with Crippen molar-refractivity contribution >= 4 is 33.3 Å². The Morgan fingerprint density at radius 1 is 1.02 bits per heavy atom. The zero-order valence-electron chi connectivity index (χ0n) is 23.4. The maximum atomic E-state index is 14.7. The average Bonchev–Trinajstić information content (AvgIpc) is 3.56. The number of unbranched alkanes of at least 4 members (excludes halogenated alkanes) is 2. The highest BCUT2D eigenvalue weighted by Crippen LogP contribution is 2.44. The number of nitrogens with one attached hydrogen (secondary N) is 2. The summed E-state index contributed by atoms with van der Waals surface area (Å²) in [5.74, 6) is -4.71. The molecule has 2 aliphatic carbocycles. The molecule has 0 unspecified atom stereocenters. The first-order valence-corrected chi connectivity index (χ1v) is 15.1. The van der Waals surface area contributed by atoms with Gasteiger partial charge in [-0.1, -0.05) is 18.2 Å². The van der Waals surface area contributed by atoms with Gasteiger partial charge in [-0.2, -0.15) is 13.2 Å². The SMILES string of the molecule is COc1cc(F)c(OCCCCCC(=O)O)cc1C(=O)N[C@H]1[C@@H](C(=O)Nc2cccc(S(=O)(=O)C(F)(F)F)c2)[C@@H]2C=C[C@H]1C2. The van der Waals surface area contributed by atoms with Gasteiger partial charge in [-0.15, -0.1) is 0 Å². The first kappa shape index (κ1) is 32.8. The summed E-state index contributed by atoms with van der Waals surface area (Å²) in [7, 11) is -4.39. The summed E-state index contributed by atoms with van der Waals surface area (Å²) in [6.07, 6.45) is 5.61. The smallest absolute Gasteiger partial charge is 0.496 e. The molecule has 0 spiro atoms. The van der Waals surface area contributed by atoms with Crippen molar-refractivity contribution in [3.8, 4) is 11.5 Å². The fraction of sp³-hybridized carbons (Fsp3) is 0.414. The highest BCUT2D eigenvalue weighted by atomic mass is 32.2. The summed E-state index contributed by atoms with van der Waals surface area (Å²) in [5, 5.41) is 14.0. The van der Waals surface area contributed by atoms with E-state index in [1.54, 1.807) is 0 Å². The lowest BCUT2D eigenvalue weighted by molar-refractivity contribution is -0.137. The lowest BCUT2D eigenvalue weighted by atomic mass is 9.87. The Morgan fingerprint density at radius 2 is 1.75 bits per heavy atom. The van der Waals surface area contributed by atoms with Crippen LogP contribution in [0.25, 0.3) is 0 Å². The van der Waals surface area contributed by atoms with Crippen LogP contribution in [0.3, 0.4) is 0 Å². The van der Waals surface area contributed by atoms with Crippen molar-refractivity contribution in [3.63, 3.8) is 0 Å². The zero-order valence-corrected chi connectivity index (χ0v) is 24.2. The third kappa shape index (κ3) is 7.14. The molecular weight excluding hydrogens is 612 g/mol. The standard InChI is InChI=1S/C29H30F4N2O8S/c1-42-22-15-21(30)23(43-11-4-2-3-8-24(36)37)14-20(22)27(38)35-26-17-10-9-16(12-17)25(26)28(39)34-18-6-5-7-19(13-18)44(40,41)29(31,32)33/h5-7,9-10,13-17,25-26H,2-4,8,11-12H2,1H3,(H,34,39)(H,35,38)(H,36,37)/t16-,17+,25+,26-/m1/s1. The number of alkyl halides is 3. The molecule has 3 N–H and O–H groups in total. The molecule has 0 saturated heterocycles. The summed E-state index contributed by atoms with van der Waals surface area (Å²) in [5.41, 5.74) is -5.75. The minimum atomic E-state index is -5.64. The summed E-state index contributed by atoms with van der Waals surface area (Å²) in [4.78, 5) is 36.4. The average molecular weight is 643 g/mol. The summed E-state index contributed by atoms with van der Waals surface area (Å²) < 4.78 is 88.1. The van der Waals surface area contributed by atoms with Crippen molar-refractivity contribution in [2.24, 2.45) is 17.8 Å². The second-order valence-corrected chi connectivity index (χ2v) is 12.4. The van der Waals surface area contributed by atoms with Crippen LogP contribution in [0.15, 0.2) is 53.4 Å². The first-order valence-electron chi connectivity index (χ1n) is 13.7. The van der Waals surface area contributed by atoms with Gasteiger partial charge in [0.1, 0.15) is 5.75 Å². The molecule has 0 aliphatic heterocycles. The van der Waals surface area contributed by atoms with Gasteiger partial charge >= 0.3 is 11.5 Å². The van der Waals surface area contributed by atoms with Gasteiger partial charge in [0.15, 0.2) is 11.6 Å². The number of benzene rings is 2. The number of carbonyl (C=O) groups is 3. The molecule has 4 rings (SSSR count). The minimum Gasteiger partial charge on any atom is -0.496 e. The molecule has 0 radical (unpaired) electrons. The first-order chi connectivity index (χ1) is 20.7. The van der Waals surface area contributed by atoms with Crippen LogP contribution in [0.5, 0.6) is 11.5 Å². The Morgan fingerprint density at radius 3 is 2.43 bits per heavy atom. The third-order valence-corrected chi connectivity index (χ3v) is 9.05. The lowest BCUT2D eigenvalue weighted by Gasteiger charge is -2.28. The number of allylic oxidation sites excluding steroid dienone is 1. The number of ether oxygens (including phenoxy) is 2. The number of carbonyl (C=O) groups excluding carboxylic acids is 2. The Bertz CT molecular complexity index is 1560. The molecule has 1 saturated carbocycles. The normalized spacial score (nSPS) is 20.8. The highest BCUT2D eigenvalue weighted by molar-refractivity contribution is 7.92. The van der Waals surface area contributed by atoms with Crippen molar-refractivity contribution < 1.29 is 54.9 Å². The van der Waals surface area contributed by atoms with Crippen LogP contribution in [-0.4, -0.2) is 56.6 Å². The van der Waals surface area contributed by atoms with E-state index in [-0.39, 0.29) is 47.6 Å². The second kappa shape index (κ2) is 13.2. The maximum Gasteiger partial charge on any atom is 0.501 e. The number of anilines is 1. The molecule has 2 aromatic rings. The zero-order chi connectivity index (χ0) is 32.2. The predicted octanol–water partition coefficient (Wildman–Crippen LogP) is 4.71. The number of halogens is 4. The minimum absolute atomic E-state index is 0.00475. The van der Waals surface area contributed by atoms with Crippen LogP contribution in [0.4, 0.5) is 23.2 Å². The van der Waals surface area contributed by atoms with Gasteiger partial charge in [-0.05, 0) is 61.8 Å². The molecular formula is C29H30F4N2O8S. The fourth-order valence-corrected chi connectivity index (χ4v) is 6.24. The predicted molar refractivity (Wildman–Crippen MR) is 148 cm³/mol. The topological polar surface area (TPSA) is 148 Å². The molecule has 15 heteroatoms. The van der Waals surface area contributed by atoms with E-state index >= 15 is 0 Å². The number of fused-ring (bicyclic) bond motifs is 2. The van der Waals surface area contributed by atoms with Crippen LogP contribution in [0.1, 0.15) is 42.5 Å². The molecule has 2 aliphatic rings. The van der Waals surface area contributed by atoms with Crippen LogP contribution < -0.4 is 20.1 Å². The Kier molecular flexibility index (Phi) is 9.86. The number of hydrogen-bond donors (Lipinski definition) is 3. The number of carboxylic acid groups (broad SMARTS) is 1.